The summed E-state index contributed by atoms with van der Waals surface area (Å²) in [7, 11) is 0. The summed E-state index contributed by atoms with van der Waals surface area (Å²) in [4.78, 5) is 26.8. The minimum absolute atomic E-state index is 0.0872. The van der Waals surface area contributed by atoms with Gasteiger partial charge in [0.25, 0.3) is 5.91 Å². The minimum atomic E-state index is -0.348. The van der Waals surface area contributed by atoms with Crippen LogP contribution in [0.25, 0.3) is 0 Å². The number of aryl methyl sites for hydroxylation is 1. The van der Waals surface area contributed by atoms with E-state index >= 15 is 0 Å². The van der Waals surface area contributed by atoms with E-state index in [4.69, 9.17) is 16.0 Å². The van der Waals surface area contributed by atoms with Crippen LogP contribution in [0, 0.1) is 0 Å². The van der Waals surface area contributed by atoms with Crippen molar-refractivity contribution in [2.24, 2.45) is 0 Å². The molecule has 3 aromatic rings. The molecular weight excluding hydrogens is 370 g/mol. The molecule has 1 amide bonds. The Morgan fingerprint density at radius 3 is 2.58 bits per heavy atom. The van der Waals surface area contributed by atoms with Gasteiger partial charge in [0.05, 0.1) is 11.8 Å². The van der Waals surface area contributed by atoms with Crippen molar-refractivity contribution in [1.29, 1.82) is 0 Å². The van der Waals surface area contributed by atoms with Gasteiger partial charge in [0.15, 0.2) is 11.5 Å². The first-order valence-corrected chi connectivity index (χ1v) is 9.62. The number of hydrogen-bond acceptors (Lipinski definition) is 4. The molecule has 2 aromatic heterocycles. The molecule has 0 bridgehead atoms. The zero-order valence-corrected chi connectivity index (χ0v) is 15.5. The van der Waals surface area contributed by atoms with E-state index in [1.54, 1.807) is 36.4 Å². The summed E-state index contributed by atoms with van der Waals surface area (Å²) in [5.74, 6) is -0.212. The van der Waals surface area contributed by atoms with E-state index in [0.717, 1.165) is 31.2 Å². The number of rotatable bonds is 4. The van der Waals surface area contributed by atoms with Crippen LogP contribution in [0.5, 0.6) is 0 Å². The lowest BCUT2D eigenvalue weighted by atomic mass is 9.92. The number of thiophene rings is 1. The predicted octanol–water partition coefficient (Wildman–Crippen LogP) is 5.36. The summed E-state index contributed by atoms with van der Waals surface area (Å²) in [6.07, 6.45) is 5.41. The first-order valence-electron chi connectivity index (χ1n) is 8.43. The van der Waals surface area contributed by atoms with Gasteiger partial charge in [-0.1, -0.05) is 11.6 Å². The average molecular weight is 386 g/mol. The van der Waals surface area contributed by atoms with Gasteiger partial charge in [-0.15, -0.1) is 11.3 Å². The zero-order valence-electron chi connectivity index (χ0n) is 13.9. The van der Waals surface area contributed by atoms with Crippen LogP contribution < -0.4 is 5.32 Å². The van der Waals surface area contributed by atoms with Gasteiger partial charge in [-0.05, 0) is 67.6 Å². The Morgan fingerprint density at radius 1 is 1.08 bits per heavy atom. The number of carbonyl (C=O) groups excluding carboxylic acids is 2. The number of furan rings is 1. The summed E-state index contributed by atoms with van der Waals surface area (Å²) in [5, 5.41) is 4.05. The zero-order chi connectivity index (χ0) is 18.1. The Balaban J connectivity index is 1.74. The smallest absolute Gasteiger partial charge is 0.291 e. The molecule has 132 valence electrons. The predicted molar refractivity (Wildman–Crippen MR) is 103 cm³/mol. The summed E-state index contributed by atoms with van der Waals surface area (Å²) in [6, 6.07) is 10.1. The van der Waals surface area contributed by atoms with E-state index in [1.165, 1.54) is 22.5 Å². The van der Waals surface area contributed by atoms with Crippen LogP contribution in [-0.2, 0) is 12.8 Å². The van der Waals surface area contributed by atoms with Crippen LogP contribution in [0.3, 0.4) is 0 Å². The standard InChI is InChI=1S/C20H16ClNO3S/c21-13-9-7-12(8-10-13)18(23)17-14-4-1-2-6-16(14)26-20(17)22-19(24)15-5-3-11-25-15/h3,5,7-11H,1-2,4,6H2,(H,22,24). The molecule has 4 nitrogen and oxygen atoms in total. The molecule has 1 N–H and O–H groups in total. The molecule has 1 aromatic carbocycles. The monoisotopic (exact) mass is 385 g/mol. The number of benzene rings is 1. The van der Waals surface area contributed by atoms with Gasteiger partial charge >= 0.3 is 0 Å². The van der Waals surface area contributed by atoms with Gasteiger partial charge in [-0.25, -0.2) is 0 Å². The van der Waals surface area contributed by atoms with Crippen LogP contribution in [0.4, 0.5) is 5.00 Å². The topological polar surface area (TPSA) is 59.3 Å². The molecule has 0 saturated heterocycles. The maximum Gasteiger partial charge on any atom is 0.291 e. The molecule has 2 heterocycles. The fourth-order valence-corrected chi connectivity index (χ4v) is 4.62. The highest BCUT2D eigenvalue weighted by Crippen LogP contribution is 2.39. The molecule has 1 aliphatic rings. The van der Waals surface area contributed by atoms with E-state index < -0.39 is 0 Å². The third-order valence-electron chi connectivity index (χ3n) is 4.48. The number of amides is 1. The summed E-state index contributed by atoms with van der Waals surface area (Å²) >= 11 is 7.43. The Bertz CT molecular complexity index is 958. The van der Waals surface area contributed by atoms with E-state index in [0.29, 0.717) is 21.2 Å². The van der Waals surface area contributed by atoms with E-state index in [-0.39, 0.29) is 17.5 Å². The van der Waals surface area contributed by atoms with Crippen LogP contribution in [-0.4, -0.2) is 11.7 Å². The quantitative estimate of drug-likeness (QED) is 0.615. The second kappa shape index (κ2) is 7.09. The van der Waals surface area contributed by atoms with Crippen molar-refractivity contribution >= 4 is 39.6 Å². The molecular formula is C20H16ClNO3S. The van der Waals surface area contributed by atoms with Crippen molar-refractivity contribution in [1.82, 2.24) is 0 Å². The number of nitrogens with one attached hydrogen (secondary N) is 1. The van der Waals surface area contributed by atoms with E-state index in [9.17, 15) is 9.59 Å². The Morgan fingerprint density at radius 2 is 1.85 bits per heavy atom. The third-order valence-corrected chi connectivity index (χ3v) is 5.94. The van der Waals surface area contributed by atoms with Crippen molar-refractivity contribution in [3.8, 4) is 0 Å². The molecule has 4 rings (SSSR count). The molecule has 0 atom stereocenters. The highest BCUT2D eigenvalue weighted by molar-refractivity contribution is 7.17. The highest BCUT2D eigenvalue weighted by atomic mass is 35.5. The largest absolute Gasteiger partial charge is 0.459 e. The van der Waals surface area contributed by atoms with Gasteiger partial charge in [0.2, 0.25) is 0 Å². The molecule has 0 spiro atoms. The van der Waals surface area contributed by atoms with Gasteiger partial charge in [-0.2, -0.15) is 0 Å². The second-order valence-corrected chi connectivity index (χ2v) is 7.72. The summed E-state index contributed by atoms with van der Waals surface area (Å²) < 4.78 is 5.16. The Labute approximate surface area is 159 Å². The normalized spacial score (nSPS) is 13.3. The van der Waals surface area contributed by atoms with Gasteiger partial charge < -0.3 is 9.73 Å². The molecule has 0 unspecified atom stereocenters. The molecule has 1 aliphatic carbocycles. The minimum Gasteiger partial charge on any atom is -0.459 e. The maximum absolute atomic E-state index is 13.2. The number of halogens is 1. The number of fused-ring (bicyclic) bond motifs is 1. The molecule has 6 heteroatoms. The van der Waals surface area contributed by atoms with Gasteiger partial charge in [0, 0.05) is 15.5 Å². The van der Waals surface area contributed by atoms with Crippen molar-refractivity contribution in [2.75, 3.05) is 5.32 Å². The van der Waals surface area contributed by atoms with Crippen molar-refractivity contribution < 1.29 is 14.0 Å². The summed E-state index contributed by atoms with van der Waals surface area (Å²) in [5.41, 5.74) is 2.23. The number of ketones is 1. The molecule has 26 heavy (non-hydrogen) atoms. The number of hydrogen-bond donors (Lipinski definition) is 1. The number of carbonyl (C=O) groups is 2. The lowest BCUT2D eigenvalue weighted by molar-refractivity contribution is 0.0997. The fraction of sp³-hybridized carbons (Fsp3) is 0.200. The molecule has 0 fully saturated rings. The molecule has 0 radical (unpaired) electrons. The first-order chi connectivity index (χ1) is 12.6. The van der Waals surface area contributed by atoms with E-state index in [1.807, 2.05) is 0 Å². The highest BCUT2D eigenvalue weighted by Gasteiger charge is 2.27. The fourth-order valence-electron chi connectivity index (χ4n) is 3.21. The molecule has 0 aliphatic heterocycles. The lowest BCUT2D eigenvalue weighted by Crippen LogP contribution is -2.14. The summed E-state index contributed by atoms with van der Waals surface area (Å²) in [6.45, 7) is 0. The van der Waals surface area contributed by atoms with Crippen LogP contribution in [0.15, 0.2) is 47.1 Å². The van der Waals surface area contributed by atoms with Crippen molar-refractivity contribution in [2.45, 2.75) is 25.7 Å². The Kier molecular flexibility index (Phi) is 4.66. The maximum atomic E-state index is 13.2. The van der Waals surface area contributed by atoms with Gasteiger partial charge in [0.1, 0.15) is 5.00 Å². The van der Waals surface area contributed by atoms with Gasteiger partial charge in [-0.3, -0.25) is 9.59 Å². The Hall–Kier alpha value is -2.37. The van der Waals surface area contributed by atoms with Crippen LogP contribution >= 0.6 is 22.9 Å². The van der Waals surface area contributed by atoms with Crippen LogP contribution in [0.2, 0.25) is 5.02 Å². The lowest BCUT2D eigenvalue weighted by Gasteiger charge is -2.12. The third kappa shape index (κ3) is 3.20. The SMILES string of the molecule is O=C(Nc1sc2c(c1C(=O)c1ccc(Cl)cc1)CCCC2)c1ccco1. The average Bonchev–Trinajstić information content (AvgIpc) is 3.29. The van der Waals surface area contributed by atoms with Crippen molar-refractivity contribution in [3.05, 3.63) is 75.0 Å². The second-order valence-electron chi connectivity index (χ2n) is 6.18. The molecule has 0 saturated carbocycles. The van der Waals surface area contributed by atoms with Crippen LogP contribution in [0.1, 0.15) is 49.8 Å². The van der Waals surface area contributed by atoms with E-state index in [2.05, 4.69) is 5.32 Å². The first kappa shape index (κ1) is 17.1. The van der Waals surface area contributed by atoms with Crippen molar-refractivity contribution in [3.63, 3.8) is 0 Å². The number of anilines is 1.